The second-order valence-electron chi connectivity index (χ2n) is 6.31. The molecule has 1 N–H and O–H groups in total. The van der Waals surface area contributed by atoms with E-state index in [0.717, 1.165) is 26.2 Å². The maximum absolute atomic E-state index is 14.5. The molecule has 1 heterocycles. The third-order valence-corrected chi connectivity index (χ3v) is 4.31. The molecule has 0 amide bonds. The summed E-state index contributed by atoms with van der Waals surface area (Å²) >= 11 is 12.2. The summed E-state index contributed by atoms with van der Waals surface area (Å²) < 4.78 is 14.5. The number of benzene rings is 1. The van der Waals surface area contributed by atoms with Gasteiger partial charge in [0.05, 0.1) is 5.02 Å². The fraction of sp³-hybridized carbons (Fsp3) is 0.600. The summed E-state index contributed by atoms with van der Waals surface area (Å²) in [6.07, 6.45) is 0. The molecule has 1 fully saturated rings. The third kappa shape index (κ3) is 4.23. The van der Waals surface area contributed by atoms with Crippen molar-refractivity contribution < 1.29 is 4.39 Å². The summed E-state index contributed by atoms with van der Waals surface area (Å²) in [6, 6.07) is 3.11. The van der Waals surface area contributed by atoms with Gasteiger partial charge in [0.15, 0.2) is 0 Å². The predicted molar refractivity (Wildman–Crippen MR) is 90.3 cm³/mol. The first-order valence-corrected chi connectivity index (χ1v) is 7.66. The van der Waals surface area contributed by atoms with Crippen LogP contribution in [0.5, 0.6) is 0 Å². The SMILES string of the molecule is CC(C)(C)[C@H](c1c(Cl)ccc(Cl)c1F)N1CCNCC1.Cl. The van der Waals surface area contributed by atoms with E-state index in [1.54, 1.807) is 6.07 Å². The highest BCUT2D eigenvalue weighted by atomic mass is 35.5. The van der Waals surface area contributed by atoms with Gasteiger partial charge in [-0.15, -0.1) is 12.4 Å². The number of nitrogens with zero attached hydrogens (tertiary/aromatic N) is 1. The largest absolute Gasteiger partial charge is 0.314 e. The van der Waals surface area contributed by atoms with Crippen LogP contribution in [0, 0.1) is 11.2 Å². The fourth-order valence-corrected chi connectivity index (χ4v) is 3.31. The molecular formula is C15H22Cl3FN2. The van der Waals surface area contributed by atoms with Crippen LogP contribution in [0.3, 0.4) is 0 Å². The number of hydrogen-bond acceptors (Lipinski definition) is 2. The number of hydrogen-bond donors (Lipinski definition) is 1. The molecule has 2 nitrogen and oxygen atoms in total. The van der Waals surface area contributed by atoms with Gasteiger partial charge in [-0.3, -0.25) is 4.90 Å². The Morgan fingerprint density at radius 1 is 1.14 bits per heavy atom. The molecule has 1 aromatic carbocycles. The van der Waals surface area contributed by atoms with Gasteiger partial charge in [0, 0.05) is 42.8 Å². The van der Waals surface area contributed by atoms with E-state index in [1.807, 2.05) is 0 Å². The molecule has 1 atom stereocenters. The molecule has 0 unspecified atom stereocenters. The lowest BCUT2D eigenvalue weighted by atomic mass is 9.80. The monoisotopic (exact) mass is 354 g/mol. The molecule has 0 saturated carbocycles. The first-order chi connectivity index (χ1) is 9.32. The Kier molecular flexibility index (Phi) is 6.76. The van der Waals surface area contributed by atoms with Gasteiger partial charge in [-0.1, -0.05) is 44.0 Å². The third-order valence-electron chi connectivity index (χ3n) is 3.69. The second kappa shape index (κ2) is 7.47. The van der Waals surface area contributed by atoms with Crippen molar-refractivity contribution in [1.82, 2.24) is 10.2 Å². The summed E-state index contributed by atoms with van der Waals surface area (Å²) in [5.74, 6) is -0.391. The van der Waals surface area contributed by atoms with Crippen molar-refractivity contribution in [2.24, 2.45) is 5.41 Å². The van der Waals surface area contributed by atoms with Crippen LogP contribution < -0.4 is 5.32 Å². The maximum Gasteiger partial charge on any atom is 0.148 e. The minimum atomic E-state index is -0.391. The highest BCUT2D eigenvalue weighted by Gasteiger charge is 2.36. The van der Waals surface area contributed by atoms with E-state index in [0.29, 0.717) is 10.6 Å². The van der Waals surface area contributed by atoms with E-state index >= 15 is 0 Å². The first-order valence-electron chi connectivity index (χ1n) is 6.90. The summed E-state index contributed by atoms with van der Waals surface area (Å²) in [5.41, 5.74) is 0.389. The van der Waals surface area contributed by atoms with Gasteiger partial charge < -0.3 is 5.32 Å². The molecule has 2 rings (SSSR count). The van der Waals surface area contributed by atoms with Crippen LogP contribution >= 0.6 is 35.6 Å². The number of nitrogens with one attached hydrogen (secondary N) is 1. The number of piperazine rings is 1. The lowest BCUT2D eigenvalue weighted by Gasteiger charge is -2.43. The van der Waals surface area contributed by atoms with Crippen molar-refractivity contribution in [3.63, 3.8) is 0 Å². The van der Waals surface area contributed by atoms with Crippen molar-refractivity contribution in [2.75, 3.05) is 26.2 Å². The van der Waals surface area contributed by atoms with E-state index in [4.69, 9.17) is 23.2 Å². The highest BCUT2D eigenvalue weighted by Crippen LogP contribution is 2.43. The van der Waals surface area contributed by atoms with Crippen molar-refractivity contribution in [2.45, 2.75) is 26.8 Å². The Balaban J connectivity index is 0.00000220. The Labute approximate surface area is 142 Å². The average Bonchev–Trinajstić information content (AvgIpc) is 2.39. The van der Waals surface area contributed by atoms with Crippen LogP contribution in [0.1, 0.15) is 32.4 Å². The molecule has 6 heteroatoms. The zero-order valence-electron chi connectivity index (χ0n) is 12.5. The van der Waals surface area contributed by atoms with Crippen molar-refractivity contribution >= 4 is 35.6 Å². The Bertz CT molecular complexity index is 483. The molecule has 1 aliphatic rings. The van der Waals surface area contributed by atoms with Gasteiger partial charge in [-0.2, -0.15) is 0 Å². The molecule has 0 spiro atoms. The topological polar surface area (TPSA) is 15.3 Å². The molecule has 1 aliphatic heterocycles. The Morgan fingerprint density at radius 3 is 2.19 bits per heavy atom. The summed E-state index contributed by atoms with van der Waals surface area (Å²) in [7, 11) is 0. The van der Waals surface area contributed by atoms with Crippen LogP contribution in [-0.2, 0) is 0 Å². The maximum atomic E-state index is 14.5. The molecular weight excluding hydrogens is 334 g/mol. The van der Waals surface area contributed by atoms with E-state index in [1.165, 1.54) is 6.07 Å². The zero-order valence-corrected chi connectivity index (χ0v) is 14.9. The van der Waals surface area contributed by atoms with Gasteiger partial charge in [-0.05, 0) is 17.5 Å². The minimum Gasteiger partial charge on any atom is -0.314 e. The van der Waals surface area contributed by atoms with Crippen LogP contribution in [0.25, 0.3) is 0 Å². The normalized spacial score (nSPS) is 18.2. The van der Waals surface area contributed by atoms with E-state index < -0.39 is 5.82 Å². The van der Waals surface area contributed by atoms with Crippen LogP contribution in [0.15, 0.2) is 12.1 Å². The van der Waals surface area contributed by atoms with Gasteiger partial charge in [0.25, 0.3) is 0 Å². The summed E-state index contributed by atoms with van der Waals surface area (Å²) in [5, 5.41) is 3.90. The van der Waals surface area contributed by atoms with E-state index in [-0.39, 0.29) is 28.9 Å². The van der Waals surface area contributed by atoms with Crippen LogP contribution in [0.4, 0.5) is 4.39 Å². The molecule has 1 saturated heterocycles. The number of halogens is 4. The molecule has 0 bridgehead atoms. The van der Waals surface area contributed by atoms with Crippen molar-refractivity contribution in [1.29, 1.82) is 0 Å². The minimum absolute atomic E-state index is 0. The van der Waals surface area contributed by atoms with Crippen molar-refractivity contribution in [3.05, 3.63) is 33.6 Å². The van der Waals surface area contributed by atoms with E-state index in [9.17, 15) is 4.39 Å². The van der Waals surface area contributed by atoms with Crippen LogP contribution in [0.2, 0.25) is 10.0 Å². The molecule has 1 aromatic rings. The molecule has 21 heavy (non-hydrogen) atoms. The molecule has 120 valence electrons. The van der Waals surface area contributed by atoms with Crippen molar-refractivity contribution in [3.8, 4) is 0 Å². The molecule has 0 aromatic heterocycles. The quantitative estimate of drug-likeness (QED) is 0.783. The van der Waals surface area contributed by atoms with Crippen LogP contribution in [-0.4, -0.2) is 31.1 Å². The summed E-state index contributed by atoms with van der Waals surface area (Å²) in [4.78, 5) is 2.29. The summed E-state index contributed by atoms with van der Waals surface area (Å²) in [6.45, 7) is 9.90. The standard InChI is InChI=1S/C15H21Cl2FN2.ClH/c1-15(2,3)14(20-8-6-19-7-9-20)12-10(16)4-5-11(17)13(12)18;/h4-5,14,19H,6-9H2,1-3H3;1H/t14-;/m0./s1. The lowest BCUT2D eigenvalue weighted by Crippen LogP contribution is -2.48. The van der Waals surface area contributed by atoms with Gasteiger partial charge in [-0.25, -0.2) is 4.39 Å². The Morgan fingerprint density at radius 2 is 1.67 bits per heavy atom. The fourth-order valence-electron chi connectivity index (χ4n) is 2.90. The van der Waals surface area contributed by atoms with Gasteiger partial charge in [0.1, 0.15) is 5.82 Å². The molecule has 0 aliphatic carbocycles. The Hall–Kier alpha value is -0.0600. The zero-order chi connectivity index (χ0) is 14.9. The average molecular weight is 356 g/mol. The van der Waals surface area contributed by atoms with Gasteiger partial charge >= 0.3 is 0 Å². The predicted octanol–water partition coefficient (Wildman–Crippen LogP) is 4.55. The first kappa shape index (κ1) is 19.0. The lowest BCUT2D eigenvalue weighted by molar-refractivity contribution is 0.0835. The van der Waals surface area contributed by atoms with Gasteiger partial charge in [0.2, 0.25) is 0 Å². The number of rotatable bonds is 2. The second-order valence-corrected chi connectivity index (χ2v) is 7.13. The smallest absolute Gasteiger partial charge is 0.148 e. The highest BCUT2D eigenvalue weighted by molar-refractivity contribution is 6.33. The molecule has 0 radical (unpaired) electrons. The van der Waals surface area contributed by atoms with E-state index in [2.05, 4.69) is 31.0 Å².